The van der Waals surface area contributed by atoms with Crippen molar-refractivity contribution in [2.45, 2.75) is 12.8 Å². The molecule has 1 atom stereocenters. The van der Waals surface area contributed by atoms with Gasteiger partial charge in [-0.3, -0.25) is 0 Å². The van der Waals surface area contributed by atoms with Crippen LogP contribution in [0, 0.1) is 0 Å². The molecule has 0 aliphatic rings. The number of rotatable bonds is 4. The Balaban J connectivity index is 2.40. The fraction of sp³-hybridized carbons (Fsp3) is 0.250. The van der Waals surface area contributed by atoms with Crippen LogP contribution in [0.1, 0.15) is 24.0 Å². The van der Waals surface area contributed by atoms with E-state index in [1.807, 2.05) is 30.3 Å². The Morgan fingerprint density at radius 2 is 1.53 bits per heavy atom. The highest BCUT2D eigenvalue weighted by atomic mass is 16.5. The van der Waals surface area contributed by atoms with E-state index in [4.69, 9.17) is 9.47 Å². The SMILES string of the molecule is COc1cc(OC)cc(C(C)c2cccc(O)c2)c1. The molecule has 1 unspecified atom stereocenters. The number of methoxy groups -OCH3 is 2. The molecule has 0 aliphatic heterocycles. The lowest BCUT2D eigenvalue weighted by Gasteiger charge is -2.15. The molecule has 0 radical (unpaired) electrons. The smallest absolute Gasteiger partial charge is 0.122 e. The zero-order chi connectivity index (χ0) is 13.8. The third kappa shape index (κ3) is 2.99. The molecule has 2 aromatic carbocycles. The molecule has 3 nitrogen and oxygen atoms in total. The second kappa shape index (κ2) is 5.65. The summed E-state index contributed by atoms with van der Waals surface area (Å²) in [5.74, 6) is 1.96. The number of phenols is 1. The quantitative estimate of drug-likeness (QED) is 0.911. The van der Waals surface area contributed by atoms with Crippen LogP contribution in [0.2, 0.25) is 0 Å². The van der Waals surface area contributed by atoms with E-state index in [0.717, 1.165) is 22.6 Å². The number of aromatic hydroxyl groups is 1. The minimum absolute atomic E-state index is 0.149. The maximum absolute atomic E-state index is 9.56. The largest absolute Gasteiger partial charge is 0.508 e. The first-order chi connectivity index (χ1) is 9.13. The van der Waals surface area contributed by atoms with Crippen LogP contribution in [0.15, 0.2) is 42.5 Å². The average molecular weight is 258 g/mol. The number of benzene rings is 2. The van der Waals surface area contributed by atoms with Crippen LogP contribution < -0.4 is 9.47 Å². The summed E-state index contributed by atoms with van der Waals surface area (Å²) in [6.45, 7) is 2.09. The van der Waals surface area contributed by atoms with Gasteiger partial charge in [0.25, 0.3) is 0 Å². The Bertz CT molecular complexity index is 541. The fourth-order valence-corrected chi connectivity index (χ4v) is 2.07. The first-order valence-corrected chi connectivity index (χ1v) is 6.16. The zero-order valence-electron chi connectivity index (χ0n) is 11.4. The van der Waals surface area contributed by atoms with Crippen LogP contribution in [-0.4, -0.2) is 19.3 Å². The molecule has 0 aromatic heterocycles. The average Bonchev–Trinajstić information content (AvgIpc) is 2.45. The fourth-order valence-electron chi connectivity index (χ4n) is 2.07. The Hall–Kier alpha value is -2.16. The molecule has 2 aromatic rings. The van der Waals surface area contributed by atoms with E-state index in [2.05, 4.69) is 6.92 Å². The third-order valence-corrected chi connectivity index (χ3v) is 3.24. The van der Waals surface area contributed by atoms with Crippen molar-refractivity contribution < 1.29 is 14.6 Å². The summed E-state index contributed by atoms with van der Waals surface area (Å²) in [4.78, 5) is 0. The molecule has 100 valence electrons. The first kappa shape index (κ1) is 13.3. The Morgan fingerprint density at radius 3 is 2.05 bits per heavy atom. The van der Waals surface area contributed by atoms with E-state index < -0.39 is 0 Å². The van der Waals surface area contributed by atoms with E-state index in [1.54, 1.807) is 26.4 Å². The van der Waals surface area contributed by atoms with E-state index in [9.17, 15) is 5.11 Å². The molecule has 0 heterocycles. The molecular formula is C16H18O3. The van der Waals surface area contributed by atoms with E-state index in [1.165, 1.54) is 0 Å². The monoisotopic (exact) mass is 258 g/mol. The number of hydrogen-bond acceptors (Lipinski definition) is 3. The number of ether oxygens (including phenoxy) is 2. The molecule has 0 fully saturated rings. The van der Waals surface area contributed by atoms with Crippen LogP contribution >= 0.6 is 0 Å². The molecule has 2 rings (SSSR count). The predicted molar refractivity (Wildman–Crippen MR) is 75.2 cm³/mol. The van der Waals surface area contributed by atoms with Gasteiger partial charge in [-0.2, -0.15) is 0 Å². The molecule has 0 amide bonds. The van der Waals surface area contributed by atoms with Gasteiger partial charge in [0.05, 0.1) is 14.2 Å². The number of hydrogen-bond donors (Lipinski definition) is 1. The predicted octanol–water partition coefficient (Wildman–Crippen LogP) is 3.56. The van der Waals surface area contributed by atoms with Gasteiger partial charge in [-0.25, -0.2) is 0 Å². The Kier molecular flexibility index (Phi) is 3.95. The van der Waals surface area contributed by atoms with Crippen LogP contribution in [0.4, 0.5) is 0 Å². The standard InChI is InChI=1S/C16H18O3/c1-11(12-5-4-6-14(17)7-12)13-8-15(18-2)10-16(9-13)19-3/h4-11,17H,1-3H3. The molecule has 0 saturated heterocycles. The Labute approximate surface area is 113 Å². The lowest BCUT2D eigenvalue weighted by molar-refractivity contribution is 0.393. The van der Waals surface area contributed by atoms with Gasteiger partial charge in [-0.05, 0) is 35.4 Å². The van der Waals surface area contributed by atoms with Crippen molar-refractivity contribution in [3.05, 3.63) is 53.6 Å². The second-order valence-electron chi connectivity index (χ2n) is 4.46. The molecular weight excluding hydrogens is 240 g/mol. The van der Waals surface area contributed by atoms with Crippen LogP contribution in [0.3, 0.4) is 0 Å². The molecule has 19 heavy (non-hydrogen) atoms. The summed E-state index contributed by atoms with van der Waals surface area (Å²) < 4.78 is 10.6. The molecule has 0 spiro atoms. The highest BCUT2D eigenvalue weighted by Gasteiger charge is 2.12. The normalized spacial score (nSPS) is 11.9. The van der Waals surface area contributed by atoms with Gasteiger partial charge in [0.1, 0.15) is 17.2 Å². The van der Waals surface area contributed by atoms with Crippen LogP contribution in [0.25, 0.3) is 0 Å². The summed E-state index contributed by atoms with van der Waals surface area (Å²) in [6, 6.07) is 13.1. The van der Waals surface area contributed by atoms with Gasteiger partial charge in [0.15, 0.2) is 0 Å². The maximum atomic E-state index is 9.56. The van der Waals surface area contributed by atoms with Crippen molar-refractivity contribution in [2.24, 2.45) is 0 Å². The van der Waals surface area contributed by atoms with Crippen molar-refractivity contribution in [2.75, 3.05) is 14.2 Å². The van der Waals surface area contributed by atoms with Gasteiger partial charge < -0.3 is 14.6 Å². The summed E-state index contributed by atoms with van der Waals surface area (Å²) in [7, 11) is 3.27. The van der Waals surface area contributed by atoms with Gasteiger partial charge in [-0.15, -0.1) is 0 Å². The summed E-state index contributed by atoms with van der Waals surface area (Å²) in [6.07, 6.45) is 0. The van der Waals surface area contributed by atoms with Crippen molar-refractivity contribution in [1.29, 1.82) is 0 Å². The van der Waals surface area contributed by atoms with Crippen LogP contribution in [-0.2, 0) is 0 Å². The second-order valence-corrected chi connectivity index (χ2v) is 4.46. The molecule has 1 N–H and O–H groups in total. The highest BCUT2D eigenvalue weighted by Crippen LogP contribution is 2.32. The summed E-state index contributed by atoms with van der Waals surface area (Å²) in [5.41, 5.74) is 2.14. The van der Waals surface area contributed by atoms with Crippen LogP contribution in [0.5, 0.6) is 17.2 Å². The summed E-state index contributed by atoms with van der Waals surface area (Å²) >= 11 is 0. The van der Waals surface area contributed by atoms with E-state index >= 15 is 0 Å². The molecule has 0 saturated carbocycles. The lowest BCUT2D eigenvalue weighted by atomic mass is 9.92. The van der Waals surface area contributed by atoms with Crippen molar-refractivity contribution in [1.82, 2.24) is 0 Å². The number of phenolic OH excluding ortho intramolecular Hbond substituents is 1. The van der Waals surface area contributed by atoms with E-state index in [0.29, 0.717) is 0 Å². The highest BCUT2D eigenvalue weighted by molar-refractivity contribution is 5.44. The lowest BCUT2D eigenvalue weighted by Crippen LogP contribution is -1.98. The van der Waals surface area contributed by atoms with Gasteiger partial charge in [-0.1, -0.05) is 19.1 Å². The Morgan fingerprint density at radius 1 is 0.895 bits per heavy atom. The zero-order valence-corrected chi connectivity index (χ0v) is 11.4. The third-order valence-electron chi connectivity index (χ3n) is 3.24. The molecule has 3 heteroatoms. The minimum Gasteiger partial charge on any atom is -0.508 e. The van der Waals surface area contributed by atoms with Gasteiger partial charge in [0.2, 0.25) is 0 Å². The molecule has 0 bridgehead atoms. The summed E-state index contributed by atoms with van der Waals surface area (Å²) in [5, 5.41) is 9.56. The van der Waals surface area contributed by atoms with Crippen molar-refractivity contribution >= 4 is 0 Å². The van der Waals surface area contributed by atoms with Gasteiger partial charge >= 0.3 is 0 Å². The minimum atomic E-state index is 0.149. The maximum Gasteiger partial charge on any atom is 0.122 e. The van der Waals surface area contributed by atoms with E-state index in [-0.39, 0.29) is 11.7 Å². The van der Waals surface area contributed by atoms with Crippen molar-refractivity contribution in [3.63, 3.8) is 0 Å². The first-order valence-electron chi connectivity index (χ1n) is 6.16. The van der Waals surface area contributed by atoms with Crippen molar-refractivity contribution in [3.8, 4) is 17.2 Å². The molecule has 0 aliphatic carbocycles. The topological polar surface area (TPSA) is 38.7 Å². The van der Waals surface area contributed by atoms with Gasteiger partial charge in [0, 0.05) is 12.0 Å².